The largest absolute Gasteiger partial charge is 0.311 e. The first kappa shape index (κ1) is 14.6. The molecular weight excluding hydrogens is 267 g/mol. The van der Waals surface area contributed by atoms with Crippen LogP contribution >= 0.6 is 0 Å². The lowest BCUT2D eigenvalue weighted by Gasteiger charge is -2.06. The van der Waals surface area contributed by atoms with Crippen molar-refractivity contribution < 1.29 is 13.2 Å². The van der Waals surface area contributed by atoms with Gasteiger partial charge in [-0.1, -0.05) is 13.8 Å². The van der Waals surface area contributed by atoms with Crippen LogP contribution in [0.4, 0.5) is 13.2 Å². The van der Waals surface area contributed by atoms with E-state index in [-0.39, 0.29) is 5.69 Å². The molecule has 0 saturated carbocycles. The van der Waals surface area contributed by atoms with E-state index in [4.69, 9.17) is 0 Å². The molecule has 0 atom stereocenters. The smallest absolute Gasteiger partial charge is 0.184 e. The van der Waals surface area contributed by atoms with Crippen LogP contribution in [0.25, 0.3) is 5.69 Å². The van der Waals surface area contributed by atoms with E-state index in [1.54, 1.807) is 6.07 Å². The van der Waals surface area contributed by atoms with Gasteiger partial charge in [-0.2, -0.15) is 5.10 Å². The second kappa shape index (κ2) is 6.09. The molecule has 6 heteroatoms. The fraction of sp³-hybridized carbons (Fsp3) is 0.357. The third kappa shape index (κ3) is 3.39. The Morgan fingerprint density at radius 2 is 2.00 bits per heavy atom. The van der Waals surface area contributed by atoms with Crippen molar-refractivity contribution in [3.63, 3.8) is 0 Å². The molecule has 0 bridgehead atoms. The summed E-state index contributed by atoms with van der Waals surface area (Å²) in [5.41, 5.74) is 0.437. The SMILES string of the molecule is CC(C)CNCc1ccn(-c2cc(F)cc(F)c2F)n1. The number of hydrogen-bond acceptors (Lipinski definition) is 2. The fourth-order valence-electron chi connectivity index (χ4n) is 1.79. The highest BCUT2D eigenvalue weighted by Gasteiger charge is 2.13. The van der Waals surface area contributed by atoms with Crippen LogP contribution in [0, 0.1) is 23.4 Å². The van der Waals surface area contributed by atoms with E-state index in [2.05, 4.69) is 24.3 Å². The van der Waals surface area contributed by atoms with Crippen molar-refractivity contribution in [2.75, 3.05) is 6.54 Å². The predicted octanol–water partition coefficient (Wildman–Crippen LogP) is 3.04. The van der Waals surface area contributed by atoms with Gasteiger partial charge in [0.25, 0.3) is 0 Å². The van der Waals surface area contributed by atoms with Crippen LogP contribution in [-0.4, -0.2) is 16.3 Å². The summed E-state index contributed by atoms with van der Waals surface area (Å²) < 4.78 is 41.0. The molecule has 1 aromatic carbocycles. The lowest BCUT2D eigenvalue weighted by atomic mass is 10.2. The second-order valence-electron chi connectivity index (χ2n) is 5.00. The molecule has 0 fully saturated rings. The van der Waals surface area contributed by atoms with Crippen LogP contribution in [-0.2, 0) is 6.54 Å². The summed E-state index contributed by atoms with van der Waals surface area (Å²) in [6, 6.07) is 3.10. The van der Waals surface area contributed by atoms with Gasteiger partial charge in [-0.05, 0) is 18.5 Å². The maximum absolute atomic E-state index is 13.6. The summed E-state index contributed by atoms with van der Waals surface area (Å²) >= 11 is 0. The summed E-state index contributed by atoms with van der Waals surface area (Å²) in [6.07, 6.45) is 1.48. The maximum Gasteiger partial charge on any atom is 0.184 e. The molecule has 1 aromatic heterocycles. The van der Waals surface area contributed by atoms with Crippen molar-refractivity contribution in [1.82, 2.24) is 15.1 Å². The standard InChI is InChI=1S/C14H16F3N3/c1-9(2)7-18-8-11-3-4-20(19-11)13-6-10(15)5-12(16)14(13)17/h3-6,9,18H,7-8H2,1-2H3. The van der Waals surface area contributed by atoms with Crippen LogP contribution in [0.2, 0.25) is 0 Å². The quantitative estimate of drug-likeness (QED) is 0.855. The van der Waals surface area contributed by atoms with E-state index in [9.17, 15) is 13.2 Å². The molecule has 108 valence electrons. The maximum atomic E-state index is 13.6. The predicted molar refractivity (Wildman–Crippen MR) is 70.0 cm³/mol. The summed E-state index contributed by atoms with van der Waals surface area (Å²) in [7, 11) is 0. The number of nitrogens with zero attached hydrogens (tertiary/aromatic N) is 2. The summed E-state index contributed by atoms with van der Waals surface area (Å²) in [6.45, 7) is 5.51. The molecule has 0 saturated heterocycles. The van der Waals surface area contributed by atoms with E-state index in [0.29, 0.717) is 24.2 Å². The van der Waals surface area contributed by atoms with E-state index in [1.165, 1.54) is 6.20 Å². The Balaban J connectivity index is 2.16. The van der Waals surface area contributed by atoms with Crippen LogP contribution in [0.1, 0.15) is 19.5 Å². The molecule has 20 heavy (non-hydrogen) atoms. The molecule has 0 radical (unpaired) electrons. The lowest BCUT2D eigenvalue weighted by Crippen LogP contribution is -2.19. The topological polar surface area (TPSA) is 29.9 Å². The second-order valence-corrected chi connectivity index (χ2v) is 5.00. The Morgan fingerprint density at radius 3 is 2.70 bits per heavy atom. The Kier molecular flexibility index (Phi) is 4.44. The van der Waals surface area contributed by atoms with Crippen molar-refractivity contribution in [1.29, 1.82) is 0 Å². The van der Waals surface area contributed by atoms with Crippen LogP contribution in [0.15, 0.2) is 24.4 Å². The average Bonchev–Trinajstić information content (AvgIpc) is 2.82. The Bertz CT molecular complexity index is 593. The molecule has 2 aromatic rings. The molecule has 0 spiro atoms. The number of aromatic nitrogens is 2. The van der Waals surface area contributed by atoms with Gasteiger partial charge in [0.15, 0.2) is 11.6 Å². The molecule has 1 heterocycles. The normalized spacial score (nSPS) is 11.3. The molecule has 0 amide bonds. The van der Waals surface area contributed by atoms with Gasteiger partial charge in [0.2, 0.25) is 0 Å². The van der Waals surface area contributed by atoms with Gasteiger partial charge in [0.05, 0.1) is 5.69 Å². The van der Waals surface area contributed by atoms with Gasteiger partial charge < -0.3 is 5.32 Å². The number of rotatable bonds is 5. The number of benzene rings is 1. The van der Waals surface area contributed by atoms with E-state index < -0.39 is 17.5 Å². The van der Waals surface area contributed by atoms with Gasteiger partial charge in [-0.25, -0.2) is 17.9 Å². The van der Waals surface area contributed by atoms with Crippen molar-refractivity contribution in [3.05, 3.63) is 47.5 Å². The van der Waals surface area contributed by atoms with Gasteiger partial charge in [0, 0.05) is 24.9 Å². The van der Waals surface area contributed by atoms with Gasteiger partial charge in [0.1, 0.15) is 11.5 Å². The van der Waals surface area contributed by atoms with Gasteiger partial charge in [-0.15, -0.1) is 0 Å². The molecule has 0 aliphatic rings. The van der Waals surface area contributed by atoms with Crippen molar-refractivity contribution in [3.8, 4) is 5.69 Å². The summed E-state index contributed by atoms with van der Waals surface area (Å²) in [4.78, 5) is 0. The Hall–Kier alpha value is -1.82. The number of nitrogens with one attached hydrogen (secondary N) is 1. The first-order valence-corrected chi connectivity index (χ1v) is 6.37. The molecule has 0 aliphatic heterocycles. The number of hydrogen-bond donors (Lipinski definition) is 1. The third-order valence-electron chi connectivity index (χ3n) is 2.72. The molecule has 2 rings (SSSR count). The van der Waals surface area contributed by atoms with Gasteiger partial charge >= 0.3 is 0 Å². The Morgan fingerprint density at radius 1 is 1.25 bits per heavy atom. The highest BCUT2D eigenvalue weighted by Crippen LogP contribution is 2.18. The third-order valence-corrected chi connectivity index (χ3v) is 2.72. The van der Waals surface area contributed by atoms with Crippen LogP contribution in [0.5, 0.6) is 0 Å². The lowest BCUT2D eigenvalue weighted by molar-refractivity contribution is 0.487. The minimum atomic E-state index is -1.23. The van der Waals surface area contributed by atoms with Gasteiger partial charge in [-0.3, -0.25) is 0 Å². The van der Waals surface area contributed by atoms with Crippen LogP contribution in [0.3, 0.4) is 0 Å². The highest BCUT2D eigenvalue weighted by molar-refractivity contribution is 5.34. The average molecular weight is 283 g/mol. The Labute approximate surface area is 115 Å². The molecular formula is C14H16F3N3. The first-order valence-electron chi connectivity index (χ1n) is 6.37. The molecule has 0 unspecified atom stereocenters. The summed E-state index contributed by atoms with van der Waals surface area (Å²) in [5.74, 6) is -2.67. The fourth-order valence-corrected chi connectivity index (χ4v) is 1.79. The number of halogens is 3. The van der Waals surface area contributed by atoms with E-state index in [1.807, 2.05) is 0 Å². The van der Waals surface area contributed by atoms with E-state index in [0.717, 1.165) is 17.3 Å². The van der Waals surface area contributed by atoms with E-state index >= 15 is 0 Å². The zero-order chi connectivity index (χ0) is 14.7. The van der Waals surface area contributed by atoms with Crippen LogP contribution < -0.4 is 5.32 Å². The highest BCUT2D eigenvalue weighted by atomic mass is 19.2. The summed E-state index contributed by atoms with van der Waals surface area (Å²) in [5, 5.41) is 7.29. The minimum absolute atomic E-state index is 0.238. The minimum Gasteiger partial charge on any atom is -0.311 e. The van der Waals surface area contributed by atoms with Crippen molar-refractivity contribution in [2.24, 2.45) is 5.92 Å². The monoisotopic (exact) mass is 283 g/mol. The van der Waals surface area contributed by atoms with Crippen molar-refractivity contribution in [2.45, 2.75) is 20.4 Å². The van der Waals surface area contributed by atoms with Crippen molar-refractivity contribution >= 4 is 0 Å². The zero-order valence-electron chi connectivity index (χ0n) is 11.3. The molecule has 1 N–H and O–H groups in total. The zero-order valence-corrected chi connectivity index (χ0v) is 11.3. The molecule has 0 aliphatic carbocycles. The molecule has 3 nitrogen and oxygen atoms in total. The first-order chi connectivity index (χ1) is 9.47.